The van der Waals surface area contributed by atoms with Gasteiger partial charge in [0.05, 0.1) is 10.0 Å². The molecule has 3 aromatic rings. The Morgan fingerprint density at radius 1 is 0.885 bits per heavy atom. The molecule has 0 spiro atoms. The lowest BCUT2D eigenvalue weighted by Gasteiger charge is -2.09. The largest absolute Gasteiger partial charge is 0.484 e. The Balaban J connectivity index is 1.56. The van der Waals surface area contributed by atoms with E-state index in [1.54, 1.807) is 18.2 Å². The van der Waals surface area contributed by atoms with Crippen LogP contribution < -0.4 is 10.1 Å². The summed E-state index contributed by atoms with van der Waals surface area (Å²) >= 11 is 11.8. The Labute approximate surface area is 162 Å². The average Bonchev–Trinajstić information content (AvgIpc) is 2.64. The topological polar surface area (TPSA) is 38.3 Å². The zero-order valence-corrected chi connectivity index (χ0v) is 15.6. The summed E-state index contributed by atoms with van der Waals surface area (Å²) in [6.07, 6.45) is 0. The van der Waals surface area contributed by atoms with Crippen molar-refractivity contribution in [3.8, 4) is 16.9 Å². The summed E-state index contributed by atoms with van der Waals surface area (Å²) in [7, 11) is 0. The number of ether oxygens (including phenoxy) is 1. The Hall–Kier alpha value is -2.49. The second kappa shape index (κ2) is 8.26. The van der Waals surface area contributed by atoms with Crippen molar-refractivity contribution in [3.05, 3.63) is 82.3 Å². The van der Waals surface area contributed by atoms with E-state index in [4.69, 9.17) is 27.9 Å². The van der Waals surface area contributed by atoms with E-state index in [2.05, 4.69) is 36.5 Å². The predicted molar refractivity (Wildman–Crippen MR) is 107 cm³/mol. The third-order valence-electron chi connectivity index (χ3n) is 3.81. The number of nitrogens with one attached hydrogen (secondary N) is 1. The highest BCUT2D eigenvalue weighted by molar-refractivity contribution is 6.42. The van der Waals surface area contributed by atoms with Crippen molar-refractivity contribution in [1.82, 2.24) is 0 Å². The molecule has 0 aliphatic rings. The fourth-order valence-electron chi connectivity index (χ4n) is 2.41. The highest BCUT2D eigenvalue weighted by Gasteiger charge is 2.06. The summed E-state index contributed by atoms with van der Waals surface area (Å²) in [5.41, 5.74) is 4.03. The summed E-state index contributed by atoms with van der Waals surface area (Å²) in [4.78, 5) is 12.0. The van der Waals surface area contributed by atoms with E-state index >= 15 is 0 Å². The van der Waals surface area contributed by atoms with E-state index in [0.29, 0.717) is 21.5 Å². The predicted octanol–water partition coefficient (Wildman–Crippen LogP) is 5.99. The monoisotopic (exact) mass is 385 g/mol. The number of anilines is 1. The van der Waals surface area contributed by atoms with E-state index in [1.165, 1.54) is 5.56 Å². The first kappa shape index (κ1) is 18.3. The molecule has 3 rings (SSSR count). The molecule has 0 aromatic heterocycles. The van der Waals surface area contributed by atoms with Crippen LogP contribution in [-0.2, 0) is 4.79 Å². The van der Waals surface area contributed by atoms with Gasteiger partial charge in [-0.1, -0.05) is 65.2 Å². The van der Waals surface area contributed by atoms with Gasteiger partial charge in [-0.15, -0.1) is 0 Å². The van der Waals surface area contributed by atoms with Crippen LogP contribution in [0.3, 0.4) is 0 Å². The van der Waals surface area contributed by atoms with Gasteiger partial charge in [-0.25, -0.2) is 0 Å². The van der Waals surface area contributed by atoms with Crippen LogP contribution in [0.15, 0.2) is 66.7 Å². The van der Waals surface area contributed by atoms with Crippen molar-refractivity contribution in [2.45, 2.75) is 6.92 Å². The quantitative estimate of drug-likeness (QED) is 0.585. The van der Waals surface area contributed by atoms with Crippen molar-refractivity contribution < 1.29 is 9.53 Å². The highest BCUT2D eigenvalue weighted by Crippen LogP contribution is 2.25. The summed E-state index contributed by atoms with van der Waals surface area (Å²) < 4.78 is 5.53. The van der Waals surface area contributed by atoms with Gasteiger partial charge in [-0.05, 0) is 48.4 Å². The smallest absolute Gasteiger partial charge is 0.262 e. The first-order valence-corrected chi connectivity index (χ1v) is 8.82. The molecule has 3 aromatic carbocycles. The molecule has 0 radical (unpaired) electrons. The molecule has 132 valence electrons. The molecule has 0 atom stereocenters. The molecule has 1 amide bonds. The summed E-state index contributed by atoms with van der Waals surface area (Å²) in [6.45, 7) is 1.97. The minimum absolute atomic E-state index is 0.0931. The van der Waals surface area contributed by atoms with Crippen molar-refractivity contribution >= 4 is 34.8 Å². The molecule has 0 saturated carbocycles. The molecule has 1 N–H and O–H groups in total. The van der Waals surface area contributed by atoms with Crippen LogP contribution in [0.2, 0.25) is 10.0 Å². The lowest BCUT2D eigenvalue weighted by atomic mass is 10.0. The van der Waals surface area contributed by atoms with Crippen LogP contribution in [-0.4, -0.2) is 12.5 Å². The maximum Gasteiger partial charge on any atom is 0.262 e. The molecule has 26 heavy (non-hydrogen) atoms. The lowest BCUT2D eigenvalue weighted by Crippen LogP contribution is -2.20. The molecule has 0 fully saturated rings. The van der Waals surface area contributed by atoms with Gasteiger partial charge in [0.2, 0.25) is 0 Å². The molecule has 0 saturated heterocycles. The summed E-state index contributed by atoms with van der Waals surface area (Å²) in [5, 5.41) is 3.54. The number of benzene rings is 3. The van der Waals surface area contributed by atoms with Gasteiger partial charge in [0.1, 0.15) is 5.75 Å². The number of halogens is 2. The van der Waals surface area contributed by atoms with Gasteiger partial charge in [0.15, 0.2) is 6.61 Å². The number of amides is 1. The second-order valence-corrected chi connectivity index (χ2v) is 6.67. The number of carbonyl (C=O) groups is 1. The highest BCUT2D eigenvalue weighted by atomic mass is 35.5. The van der Waals surface area contributed by atoms with E-state index < -0.39 is 0 Å². The SMILES string of the molecule is Cc1ccc(-c2ccc(OCC(=O)Nc3ccc(Cl)c(Cl)c3)cc2)cc1. The van der Waals surface area contributed by atoms with Crippen molar-refractivity contribution in [3.63, 3.8) is 0 Å². The molecule has 0 aliphatic heterocycles. The van der Waals surface area contributed by atoms with Gasteiger partial charge in [-0.2, -0.15) is 0 Å². The van der Waals surface area contributed by atoms with Crippen molar-refractivity contribution in [2.24, 2.45) is 0 Å². The van der Waals surface area contributed by atoms with E-state index in [-0.39, 0.29) is 12.5 Å². The Bertz CT molecular complexity index is 906. The molecule has 0 aliphatic carbocycles. The van der Waals surface area contributed by atoms with Crippen LogP contribution in [0.4, 0.5) is 5.69 Å². The fourth-order valence-corrected chi connectivity index (χ4v) is 2.71. The molecular weight excluding hydrogens is 369 g/mol. The Morgan fingerprint density at radius 2 is 1.50 bits per heavy atom. The van der Waals surface area contributed by atoms with Crippen molar-refractivity contribution in [1.29, 1.82) is 0 Å². The number of aryl methyl sites for hydroxylation is 1. The summed E-state index contributed by atoms with van der Waals surface area (Å²) in [6, 6.07) is 20.9. The van der Waals surface area contributed by atoms with Gasteiger partial charge in [0.25, 0.3) is 5.91 Å². The molecule has 3 nitrogen and oxygen atoms in total. The van der Waals surface area contributed by atoms with E-state index in [0.717, 1.165) is 11.1 Å². The lowest BCUT2D eigenvalue weighted by molar-refractivity contribution is -0.118. The van der Waals surface area contributed by atoms with Crippen LogP contribution in [0.25, 0.3) is 11.1 Å². The standard InChI is InChI=1S/C21H17Cl2NO2/c1-14-2-4-15(5-3-14)16-6-9-18(10-7-16)26-13-21(25)24-17-8-11-19(22)20(23)12-17/h2-12H,13H2,1H3,(H,24,25). The maximum atomic E-state index is 12.0. The number of rotatable bonds is 5. The third-order valence-corrected chi connectivity index (χ3v) is 4.55. The zero-order chi connectivity index (χ0) is 18.5. The van der Waals surface area contributed by atoms with Crippen LogP contribution in [0.5, 0.6) is 5.75 Å². The zero-order valence-electron chi connectivity index (χ0n) is 14.1. The number of carbonyl (C=O) groups excluding carboxylic acids is 1. The molecule has 0 unspecified atom stereocenters. The van der Waals surface area contributed by atoms with Crippen molar-refractivity contribution in [2.75, 3.05) is 11.9 Å². The fraction of sp³-hybridized carbons (Fsp3) is 0.0952. The Morgan fingerprint density at radius 3 is 2.12 bits per heavy atom. The normalized spacial score (nSPS) is 10.4. The molecular formula is C21H17Cl2NO2. The minimum Gasteiger partial charge on any atom is -0.484 e. The van der Waals surface area contributed by atoms with E-state index in [1.807, 2.05) is 24.3 Å². The molecule has 0 heterocycles. The first-order valence-electron chi connectivity index (χ1n) is 8.06. The maximum absolute atomic E-state index is 12.0. The number of hydrogen-bond acceptors (Lipinski definition) is 2. The Kier molecular flexibility index (Phi) is 5.82. The minimum atomic E-state index is -0.272. The second-order valence-electron chi connectivity index (χ2n) is 5.86. The average molecular weight is 386 g/mol. The first-order chi connectivity index (χ1) is 12.5. The van der Waals surface area contributed by atoms with E-state index in [9.17, 15) is 4.79 Å². The van der Waals surface area contributed by atoms with Gasteiger partial charge in [0, 0.05) is 5.69 Å². The van der Waals surface area contributed by atoms with Gasteiger partial charge in [-0.3, -0.25) is 4.79 Å². The summed E-state index contributed by atoms with van der Waals surface area (Å²) in [5.74, 6) is 0.358. The van der Waals surface area contributed by atoms with Crippen LogP contribution >= 0.6 is 23.2 Å². The third kappa shape index (κ3) is 4.78. The number of hydrogen-bond donors (Lipinski definition) is 1. The van der Waals surface area contributed by atoms with Crippen LogP contribution in [0, 0.1) is 6.92 Å². The van der Waals surface area contributed by atoms with Gasteiger partial charge >= 0.3 is 0 Å². The van der Waals surface area contributed by atoms with Gasteiger partial charge < -0.3 is 10.1 Å². The molecule has 5 heteroatoms. The van der Waals surface area contributed by atoms with Crippen LogP contribution in [0.1, 0.15) is 5.56 Å². The molecule has 0 bridgehead atoms.